The Morgan fingerprint density at radius 1 is 0.696 bits per heavy atom. The molecule has 0 saturated carbocycles. The zero-order chi connectivity index (χ0) is 30.8. The van der Waals surface area contributed by atoms with E-state index in [-0.39, 0.29) is 11.3 Å². The number of pyridine rings is 1. The Morgan fingerprint density at radius 3 is 2.17 bits per heavy atom. The van der Waals surface area contributed by atoms with Gasteiger partial charge in [-0.15, -0.1) is 0 Å². The highest BCUT2D eigenvalue weighted by molar-refractivity contribution is 6.12. The van der Waals surface area contributed by atoms with Crippen molar-refractivity contribution in [2.45, 2.75) is 31.6 Å². The number of allylic oxidation sites excluding steroid dienone is 4. The minimum Gasteiger partial charge on any atom is -0.309 e. The quantitative estimate of drug-likeness (QED) is 0.204. The fraction of sp³-hybridized carbons (Fsp3) is 0.119. The Kier molecular flexibility index (Phi) is 5.94. The third-order valence-electron chi connectivity index (χ3n) is 9.84. The van der Waals surface area contributed by atoms with Crippen LogP contribution >= 0.6 is 0 Å². The van der Waals surface area contributed by atoms with Crippen LogP contribution in [0.3, 0.4) is 0 Å². The number of rotatable bonds is 4. The summed E-state index contributed by atoms with van der Waals surface area (Å²) < 4.78 is 2.44. The van der Waals surface area contributed by atoms with Gasteiger partial charge < -0.3 is 4.57 Å². The molecule has 1 unspecified atom stereocenters. The van der Waals surface area contributed by atoms with Crippen LogP contribution in [0.25, 0.3) is 55.6 Å². The van der Waals surface area contributed by atoms with E-state index < -0.39 is 0 Å². The van der Waals surface area contributed by atoms with Crippen molar-refractivity contribution in [3.05, 3.63) is 162 Å². The summed E-state index contributed by atoms with van der Waals surface area (Å²) in [6, 6.07) is 38.8. The zero-order valence-electron chi connectivity index (χ0n) is 25.9. The molecule has 0 bridgehead atoms. The average molecular weight is 593 g/mol. The van der Waals surface area contributed by atoms with Crippen LogP contribution in [-0.4, -0.2) is 19.5 Å². The molecule has 4 heteroatoms. The molecule has 1 atom stereocenters. The number of para-hydroxylation sites is 1. The van der Waals surface area contributed by atoms with Crippen LogP contribution in [0.4, 0.5) is 0 Å². The standard InChI is InChI=1S/C42H32N4/c1-42(2)34-18-10-17-32-33-24-30(19-20-38(33)46(40(32)34)39-21-22-43-26-35(39)42)29-15-9-16-31(23-29)41-44-36(27-11-5-3-6-12-27)25-37(45-41)28-13-7-4-8-14-28/h3-22,24-26,31H,23H2,1-2H3. The van der Waals surface area contributed by atoms with Crippen molar-refractivity contribution in [3.8, 4) is 28.2 Å². The summed E-state index contributed by atoms with van der Waals surface area (Å²) in [6.07, 6.45) is 11.5. The van der Waals surface area contributed by atoms with Crippen LogP contribution in [0.15, 0.2) is 140 Å². The smallest absolute Gasteiger partial charge is 0.136 e. The first-order valence-electron chi connectivity index (χ1n) is 16.0. The Balaban J connectivity index is 1.14. The molecule has 0 amide bonds. The lowest BCUT2D eigenvalue weighted by molar-refractivity contribution is 0.626. The maximum absolute atomic E-state index is 5.14. The predicted octanol–water partition coefficient (Wildman–Crippen LogP) is 10.1. The summed E-state index contributed by atoms with van der Waals surface area (Å²) in [5.41, 5.74) is 12.8. The number of benzene rings is 4. The van der Waals surface area contributed by atoms with Crippen LogP contribution in [0.2, 0.25) is 0 Å². The Morgan fingerprint density at radius 2 is 1.43 bits per heavy atom. The lowest BCUT2D eigenvalue weighted by Crippen LogP contribution is -2.26. The first-order chi connectivity index (χ1) is 22.6. The van der Waals surface area contributed by atoms with Gasteiger partial charge in [0.15, 0.2) is 0 Å². The first-order valence-corrected chi connectivity index (χ1v) is 16.0. The van der Waals surface area contributed by atoms with Gasteiger partial charge in [0.1, 0.15) is 5.82 Å². The molecule has 0 fully saturated rings. The van der Waals surface area contributed by atoms with Gasteiger partial charge in [-0.05, 0) is 47.4 Å². The van der Waals surface area contributed by atoms with E-state index in [1.165, 1.54) is 49.8 Å². The summed E-state index contributed by atoms with van der Waals surface area (Å²) in [6.45, 7) is 4.62. The van der Waals surface area contributed by atoms with Crippen molar-refractivity contribution in [1.82, 2.24) is 19.5 Å². The molecule has 220 valence electrons. The Bertz CT molecular complexity index is 2300. The van der Waals surface area contributed by atoms with Gasteiger partial charge in [-0.3, -0.25) is 4.98 Å². The van der Waals surface area contributed by atoms with Gasteiger partial charge in [-0.2, -0.15) is 0 Å². The summed E-state index contributed by atoms with van der Waals surface area (Å²) in [5.74, 6) is 0.916. The summed E-state index contributed by atoms with van der Waals surface area (Å²) >= 11 is 0. The minimum absolute atomic E-state index is 0.0667. The molecule has 4 aromatic carbocycles. The SMILES string of the molecule is CC1(C)c2cnccc2-n2c3ccc(C4=CC=CC(c5nc(-c6ccccc6)cc(-c6ccccc6)n5)C4)cc3c3cccc1c32. The molecule has 0 spiro atoms. The molecule has 9 rings (SSSR count). The largest absolute Gasteiger partial charge is 0.309 e. The highest BCUT2D eigenvalue weighted by Crippen LogP contribution is 2.47. The highest BCUT2D eigenvalue weighted by atomic mass is 15.0. The van der Waals surface area contributed by atoms with E-state index in [9.17, 15) is 0 Å². The van der Waals surface area contributed by atoms with Crippen molar-refractivity contribution in [2.24, 2.45) is 0 Å². The third-order valence-corrected chi connectivity index (χ3v) is 9.84. The van der Waals surface area contributed by atoms with Gasteiger partial charge in [0.2, 0.25) is 0 Å². The van der Waals surface area contributed by atoms with Gasteiger partial charge in [0.25, 0.3) is 0 Å². The van der Waals surface area contributed by atoms with Crippen molar-refractivity contribution < 1.29 is 0 Å². The topological polar surface area (TPSA) is 43.6 Å². The van der Waals surface area contributed by atoms with Crippen molar-refractivity contribution >= 4 is 27.4 Å². The predicted molar refractivity (Wildman–Crippen MR) is 188 cm³/mol. The molecule has 3 aromatic heterocycles. The molecule has 0 saturated heterocycles. The van der Waals surface area contributed by atoms with E-state index in [2.05, 4.69) is 139 Å². The lowest BCUT2D eigenvalue weighted by Gasteiger charge is -2.34. The molecule has 0 N–H and O–H groups in total. The van der Waals surface area contributed by atoms with E-state index in [1.54, 1.807) is 0 Å². The number of nitrogens with zero attached hydrogens (tertiary/aromatic N) is 4. The molecular weight excluding hydrogens is 560 g/mol. The van der Waals surface area contributed by atoms with Crippen molar-refractivity contribution in [3.63, 3.8) is 0 Å². The van der Waals surface area contributed by atoms with Crippen molar-refractivity contribution in [1.29, 1.82) is 0 Å². The van der Waals surface area contributed by atoms with E-state index in [0.29, 0.717) is 0 Å². The van der Waals surface area contributed by atoms with Crippen LogP contribution < -0.4 is 0 Å². The average Bonchev–Trinajstić information content (AvgIpc) is 3.46. The third kappa shape index (κ3) is 4.10. The second-order valence-corrected chi connectivity index (χ2v) is 12.9. The fourth-order valence-electron chi connectivity index (χ4n) is 7.45. The monoisotopic (exact) mass is 592 g/mol. The normalized spacial score (nSPS) is 16.4. The maximum Gasteiger partial charge on any atom is 0.136 e. The molecule has 4 nitrogen and oxygen atoms in total. The van der Waals surface area contributed by atoms with Crippen LogP contribution in [0.1, 0.15) is 48.7 Å². The van der Waals surface area contributed by atoms with Gasteiger partial charge in [0, 0.05) is 51.2 Å². The lowest BCUT2D eigenvalue weighted by atomic mass is 9.75. The molecule has 1 aliphatic carbocycles. The Labute approximate surface area is 268 Å². The number of fused-ring (bicyclic) bond motifs is 5. The zero-order valence-corrected chi connectivity index (χ0v) is 25.9. The van der Waals surface area contributed by atoms with E-state index >= 15 is 0 Å². The minimum atomic E-state index is -0.132. The van der Waals surface area contributed by atoms with Gasteiger partial charge in [-0.25, -0.2) is 9.97 Å². The van der Waals surface area contributed by atoms with Crippen LogP contribution in [0.5, 0.6) is 0 Å². The molecule has 2 aliphatic rings. The molecule has 0 radical (unpaired) electrons. The van der Waals surface area contributed by atoms with Crippen molar-refractivity contribution in [2.75, 3.05) is 0 Å². The number of aromatic nitrogens is 4. The second kappa shape index (κ2) is 10.2. The Hall–Kier alpha value is -5.61. The van der Waals surface area contributed by atoms with Crippen LogP contribution in [0, 0.1) is 0 Å². The van der Waals surface area contributed by atoms with Gasteiger partial charge in [-0.1, -0.05) is 117 Å². The van der Waals surface area contributed by atoms with E-state index in [0.717, 1.165) is 34.8 Å². The maximum atomic E-state index is 5.14. The van der Waals surface area contributed by atoms with Gasteiger partial charge >= 0.3 is 0 Å². The van der Waals surface area contributed by atoms with E-state index in [4.69, 9.17) is 9.97 Å². The molecule has 1 aliphatic heterocycles. The second-order valence-electron chi connectivity index (χ2n) is 12.9. The summed E-state index contributed by atoms with van der Waals surface area (Å²) in [5, 5.41) is 2.57. The molecule has 46 heavy (non-hydrogen) atoms. The molecule has 4 heterocycles. The van der Waals surface area contributed by atoms with Crippen LogP contribution in [-0.2, 0) is 5.41 Å². The number of hydrogen-bond acceptors (Lipinski definition) is 3. The summed E-state index contributed by atoms with van der Waals surface area (Å²) in [4.78, 5) is 14.8. The highest BCUT2D eigenvalue weighted by Gasteiger charge is 2.35. The first kappa shape index (κ1) is 26.8. The summed E-state index contributed by atoms with van der Waals surface area (Å²) in [7, 11) is 0. The molecule has 7 aromatic rings. The number of hydrogen-bond donors (Lipinski definition) is 0. The van der Waals surface area contributed by atoms with Gasteiger partial charge in [0.05, 0.1) is 28.1 Å². The van der Waals surface area contributed by atoms with E-state index in [1.807, 2.05) is 24.5 Å². The fourth-order valence-corrected chi connectivity index (χ4v) is 7.45. The molecular formula is C42H32N4.